The van der Waals surface area contributed by atoms with Crippen molar-refractivity contribution in [1.29, 1.82) is 0 Å². The Balaban J connectivity index is 1.86. The highest BCUT2D eigenvalue weighted by Crippen LogP contribution is 2.27. The van der Waals surface area contributed by atoms with Gasteiger partial charge in [-0.3, -0.25) is 4.79 Å². The molecule has 1 aliphatic rings. The summed E-state index contributed by atoms with van der Waals surface area (Å²) in [6.45, 7) is 5.24. The first-order chi connectivity index (χ1) is 11.5. The van der Waals surface area contributed by atoms with Crippen molar-refractivity contribution in [3.05, 3.63) is 41.6 Å². The number of fused-ring (bicyclic) bond motifs is 1. The molecule has 0 fully saturated rings. The number of anilines is 1. The summed E-state index contributed by atoms with van der Waals surface area (Å²) in [6.07, 6.45) is 5.50. The average Bonchev–Trinajstić information content (AvgIpc) is 3.08. The first-order valence-corrected chi connectivity index (χ1v) is 8.46. The van der Waals surface area contributed by atoms with Crippen molar-refractivity contribution in [1.82, 2.24) is 19.4 Å². The second kappa shape index (κ2) is 6.63. The molecule has 3 heterocycles. The maximum Gasteiger partial charge on any atom is 0.245 e. The van der Waals surface area contributed by atoms with Gasteiger partial charge in [-0.15, -0.1) is 0 Å². The minimum Gasteiger partial charge on any atom is -0.362 e. The third kappa shape index (κ3) is 3.00. The van der Waals surface area contributed by atoms with E-state index in [1.54, 1.807) is 0 Å². The van der Waals surface area contributed by atoms with Crippen LogP contribution in [0.4, 0.5) is 5.82 Å². The van der Waals surface area contributed by atoms with E-state index in [4.69, 9.17) is 0 Å². The number of carbonyl (C=O) groups excluding carboxylic acids is 1. The monoisotopic (exact) mass is 327 g/mol. The van der Waals surface area contributed by atoms with Crippen LogP contribution < -0.4 is 4.90 Å². The molecule has 1 atom stereocenters. The lowest BCUT2D eigenvalue weighted by Crippen LogP contribution is -2.41. The Morgan fingerprint density at radius 3 is 2.62 bits per heavy atom. The molecule has 0 aliphatic carbocycles. The van der Waals surface area contributed by atoms with Crippen LogP contribution in [0.5, 0.6) is 0 Å². The molecule has 2 aromatic rings. The maximum absolute atomic E-state index is 13.0. The molecule has 2 aromatic heterocycles. The van der Waals surface area contributed by atoms with Gasteiger partial charge in [-0.2, -0.15) is 0 Å². The highest BCUT2D eigenvalue weighted by atomic mass is 16.2. The fourth-order valence-corrected chi connectivity index (χ4v) is 3.37. The Kier molecular flexibility index (Phi) is 4.55. The molecule has 0 saturated carbocycles. The third-order valence-electron chi connectivity index (χ3n) is 4.55. The van der Waals surface area contributed by atoms with Crippen molar-refractivity contribution in [2.24, 2.45) is 0 Å². The molecule has 24 heavy (non-hydrogen) atoms. The molecule has 6 nitrogen and oxygen atoms in total. The number of aryl methyl sites for hydroxylation is 1. The van der Waals surface area contributed by atoms with Crippen LogP contribution in [0.15, 0.2) is 24.5 Å². The van der Waals surface area contributed by atoms with Crippen molar-refractivity contribution in [3.8, 4) is 0 Å². The predicted octanol–water partition coefficient (Wildman–Crippen LogP) is 2.19. The molecule has 3 rings (SSSR count). The Labute approximate surface area is 143 Å². The average molecular weight is 327 g/mol. The first-order valence-electron chi connectivity index (χ1n) is 8.46. The van der Waals surface area contributed by atoms with Crippen LogP contribution in [-0.2, 0) is 17.8 Å². The SMILES string of the molecule is CCC(C(=O)N1CCc2c(nc(C)nc2N(C)C)C1)n1cccc1. The van der Waals surface area contributed by atoms with Crippen LogP contribution in [0.2, 0.25) is 0 Å². The van der Waals surface area contributed by atoms with Crippen LogP contribution in [0.1, 0.15) is 36.5 Å². The third-order valence-corrected chi connectivity index (χ3v) is 4.55. The van der Waals surface area contributed by atoms with Crippen LogP contribution >= 0.6 is 0 Å². The second-order valence-corrected chi connectivity index (χ2v) is 6.48. The van der Waals surface area contributed by atoms with Crippen LogP contribution in [0, 0.1) is 6.92 Å². The van der Waals surface area contributed by atoms with E-state index < -0.39 is 0 Å². The highest BCUT2D eigenvalue weighted by molar-refractivity contribution is 5.80. The van der Waals surface area contributed by atoms with Gasteiger partial charge in [0.1, 0.15) is 17.7 Å². The molecule has 0 N–H and O–H groups in total. The topological polar surface area (TPSA) is 54.3 Å². The number of hydrogen-bond donors (Lipinski definition) is 0. The van der Waals surface area contributed by atoms with E-state index in [1.165, 1.54) is 5.56 Å². The van der Waals surface area contributed by atoms with Crippen molar-refractivity contribution < 1.29 is 4.79 Å². The summed E-state index contributed by atoms with van der Waals surface area (Å²) >= 11 is 0. The number of hydrogen-bond acceptors (Lipinski definition) is 4. The molecule has 0 bridgehead atoms. The molecule has 6 heteroatoms. The molecule has 1 aliphatic heterocycles. The number of aromatic nitrogens is 3. The lowest BCUT2D eigenvalue weighted by molar-refractivity contribution is -0.135. The van der Waals surface area contributed by atoms with E-state index in [2.05, 4.69) is 16.9 Å². The number of nitrogens with zero attached hydrogens (tertiary/aromatic N) is 5. The normalized spacial score (nSPS) is 15.1. The maximum atomic E-state index is 13.0. The fourth-order valence-electron chi connectivity index (χ4n) is 3.37. The van der Waals surface area contributed by atoms with Crippen molar-refractivity contribution in [3.63, 3.8) is 0 Å². The molecule has 0 radical (unpaired) electrons. The zero-order valence-corrected chi connectivity index (χ0v) is 14.9. The summed E-state index contributed by atoms with van der Waals surface area (Å²) in [4.78, 5) is 26.1. The van der Waals surface area contributed by atoms with Gasteiger partial charge in [0.2, 0.25) is 5.91 Å². The summed E-state index contributed by atoms with van der Waals surface area (Å²) < 4.78 is 1.99. The van der Waals surface area contributed by atoms with Gasteiger partial charge >= 0.3 is 0 Å². The predicted molar refractivity (Wildman–Crippen MR) is 94.0 cm³/mol. The first kappa shape index (κ1) is 16.5. The molecular formula is C18H25N5O. The van der Waals surface area contributed by atoms with Crippen molar-refractivity contribution >= 4 is 11.7 Å². The van der Waals surface area contributed by atoms with E-state index in [0.717, 1.165) is 36.7 Å². The Morgan fingerprint density at radius 2 is 2.00 bits per heavy atom. The quantitative estimate of drug-likeness (QED) is 0.864. The van der Waals surface area contributed by atoms with Gasteiger partial charge in [-0.05, 0) is 31.9 Å². The van der Waals surface area contributed by atoms with Gasteiger partial charge in [0, 0.05) is 38.6 Å². The number of rotatable bonds is 4. The molecule has 128 valence electrons. The van der Waals surface area contributed by atoms with E-state index in [0.29, 0.717) is 6.54 Å². The largest absolute Gasteiger partial charge is 0.362 e. The lowest BCUT2D eigenvalue weighted by Gasteiger charge is -2.33. The van der Waals surface area contributed by atoms with E-state index in [9.17, 15) is 4.79 Å². The second-order valence-electron chi connectivity index (χ2n) is 6.48. The summed E-state index contributed by atoms with van der Waals surface area (Å²) in [5.41, 5.74) is 2.15. The molecular weight excluding hydrogens is 302 g/mol. The van der Waals surface area contributed by atoms with Gasteiger partial charge in [-0.25, -0.2) is 9.97 Å². The lowest BCUT2D eigenvalue weighted by atomic mass is 10.0. The van der Waals surface area contributed by atoms with E-state index in [1.807, 2.05) is 59.9 Å². The number of carbonyl (C=O) groups is 1. The zero-order valence-electron chi connectivity index (χ0n) is 14.9. The summed E-state index contributed by atoms with van der Waals surface area (Å²) in [6, 6.07) is 3.78. The number of amides is 1. The van der Waals surface area contributed by atoms with E-state index >= 15 is 0 Å². The van der Waals surface area contributed by atoms with Crippen LogP contribution in [-0.4, -0.2) is 46.0 Å². The smallest absolute Gasteiger partial charge is 0.245 e. The van der Waals surface area contributed by atoms with E-state index in [-0.39, 0.29) is 11.9 Å². The molecule has 1 amide bonds. The summed E-state index contributed by atoms with van der Waals surface area (Å²) in [5, 5.41) is 0. The Bertz CT molecular complexity index is 723. The minimum atomic E-state index is -0.141. The molecule has 0 spiro atoms. The van der Waals surface area contributed by atoms with Gasteiger partial charge in [-0.1, -0.05) is 6.92 Å². The van der Waals surface area contributed by atoms with Crippen molar-refractivity contribution in [2.75, 3.05) is 25.5 Å². The summed E-state index contributed by atoms with van der Waals surface area (Å²) in [7, 11) is 4.00. The van der Waals surface area contributed by atoms with Crippen LogP contribution in [0.25, 0.3) is 0 Å². The van der Waals surface area contributed by atoms with Crippen LogP contribution in [0.3, 0.4) is 0 Å². The van der Waals surface area contributed by atoms with Gasteiger partial charge < -0.3 is 14.4 Å². The minimum absolute atomic E-state index is 0.141. The van der Waals surface area contributed by atoms with Gasteiger partial charge in [0.15, 0.2) is 0 Å². The molecule has 0 saturated heterocycles. The molecule has 0 aromatic carbocycles. The van der Waals surface area contributed by atoms with Gasteiger partial charge in [0.25, 0.3) is 0 Å². The fraction of sp³-hybridized carbons (Fsp3) is 0.500. The Morgan fingerprint density at radius 1 is 1.29 bits per heavy atom. The Hall–Kier alpha value is -2.37. The zero-order chi connectivity index (χ0) is 17.3. The molecule has 1 unspecified atom stereocenters. The summed E-state index contributed by atoms with van der Waals surface area (Å²) in [5.74, 6) is 1.90. The standard InChI is InChI=1S/C18H25N5O/c1-5-16(22-9-6-7-10-22)18(24)23-11-8-14-15(12-23)19-13(2)20-17(14)21(3)4/h6-7,9-10,16H,5,8,11-12H2,1-4H3. The van der Waals surface area contributed by atoms with Gasteiger partial charge in [0.05, 0.1) is 12.2 Å². The highest BCUT2D eigenvalue weighted by Gasteiger charge is 2.29. The van der Waals surface area contributed by atoms with Crippen molar-refractivity contribution in [2.45, 2.75) is 39.3 Å².